The number of carbonyl (C=O) groups excluding carboxylic acids is 2. The number of halogens is 4. The van der Waals surface area contributed by atoms with Crippen molar-refractivity contribution < 1.29 is 36.6 Å². The van der Waals surface area contributed by atoms with Gasteiger partial charge in [0.2, 0.25) is 5.91 Å². The predicted molar refractivity (Wildman–Crippen MR) is 135 cm³/mol. The number of aryl methyl sites for hydroxylation is 1. The van der Waals surface area contributed by atoms with E-state index in [1.165, 1.54) is 24.1 Å². The zero-order valence-electron chi connectivity index (χ0n) is 22.0. The number of nitrogens with one attached hydrogen (secondary N) is 2. The van der Waals surface area contributed by atoms with E-state index in [1.807, 2.05) is 0 Å². The summed E-state index contributed by atoms with van der Waals surface area (Å²) in [5.41, 5.74) is 1.06. The van der Waals surface area contributed by atoms with Crippen LogP contribution < -0.4 is 15.4 Å². The van der Waals surface area contributed by atoms with Crippen LogP contribution in [0.25, 0.3) is 0 Å². The SMILES string of the molecule is CNC(=O)c1cn(CC(F)CCc2ccc(NC(=O)Cc3cc(OC4CC(OCC(F)(F)F)C4)ccn3)nn2)nn1. The molecule has 1 saturated carbocycles. The average Bonchev–Trinajstić information content (AvgIpc) is 3.37. The molecule has 16 heteroatoms. The molecule has 0 aliphatic heterocycles. The van der Waals surface area contributed by atoms with Crippen molar-refractivity contribution in [3.8, 4) is 5.75 Å². The van der Waals surface area contributed by atoms with Crippen molar-refractivity contribution in [2.45, 2.75) is 63.2 Å². The standard InChI is InChI=1S/C25H28F4N8O4/c1-30-24(39)21-13-37(36-34-21)12-15(26)2-3-16-4-5-22(35-33-16)32-23(38)9-17-8-18(6-7-31-17)41-20-10-19(11-20)40-14-25(27,28)29/h4-8,13,15,19-20H,2-3,9-12,14H2,1H3,(H,30,39)(H,32,35,38). The van der Waals surface area contributed by atoms with Crippen molar-refractivity contribution >= 4 is 17.6 Å². The highest BCUT2D eigenvalue weighted by Crippen LogP contribution is 2.30. The maximum atomic E-state index is 14.4. The van der Waals surface area contributed by atoms with Crippen LogP contribution in [-0.4, -0.2) is 80.2 Å². The third kappa shape index (κ3) is 9.44. The Morgan fingerprint density at radius 1 is 1.12 bits per heavy atom. The molecule has 0 radical (unpaired) electrons. The van der Waals surface area contributed by atoms with Crippen molar-refractivity contribution in [3.05, 3.63) is 53.7 Å². The molecule has 3 aromatic rings. The van der Waals surface area contributed by atoms with Gasteiger partial charge in [0.25, 0.3) is 5.91 Å². The number of aromatic nitrogens is 6. The fraction of sp³-hybridized carbons (Fsp3) is 0.480. The first kappa shape index (κ1) is 29.8. The van der Waals surface area contributed by atoms with Crippen LogP contribution >= 0.6 is 0 Å². The third-order valence-corrected chi connectivity index (χ3v) is 6.05. The molecule has 12 nitrogen and oxygen atoms in total. The average molecular weight is 581 g/mol. The number of hydrogen-bond donors (Lipinski definition) is 2. The highest BCUT2D eigenvalue weighted by molar-refractivity contribution is 5.91. The summed E-state index contributed by atoms with van der Waals surface area (Å²) in [6.45, 7) is -1.35. The van der Waals surface area contributed by atoms with Gasteiger partial charge in [-0.3, -0.25) is 14.6 Å². The van der Waals surface area contributed by atoms with Crippen molar-refractivity contribution in [3.63, 3.8) is 0 Å². The van der Waals surface area contributed by atoms with Crippen LogP contribution in [0.15, 0.2) is 36.7 Å². The highest BCUT2D eigenvalue weighted by Gasteiger charge is 2.36. The molecule has 3 aromatic heterocycles. The summed E-state index contributed by atoms with van der Waals surface area (Å²) in [7, 11) is 1.46. The van der Waals surface area contributed by atoms with E-state index in [-0.39, 0.29) is 37.0 Å². The first-order valence-electron chi connectivity index (χ1n) is 12.7. The Morgan fingerprint density at radius 2 is 1.93 bits per heavy atom. The van der Waals surface area contributed by atoms with Crippen LogP contribution in [-0.2, 0) is 28.9 Å². The van der Waals surface area contributed by atoms with Crippen LogP contribution in [0.4, 0.5) is 23.4 Å². The predicted octanol–water partition coefficient (Wildman–Crippen LogP) is 2.46. The summed E-state index contributed by atoms with van der Waals surface area (Å²) in [6.07, 6.45) is -2.49. The largest absolute Gasteiger partial charge is 0.490 e. The van der Waals surface area contributed by atoms with Gasteiger partial charge in [-0.15, -0.1) is 10.2 Å². The summed E-state index contributed by atoms with van der Waals surface area (Å²) < 4.78 is 62.9. The van der Waals surface area contributed by atoms with Gasteiger partial charge in [0.05, 0.1) is 36.7 Å². The number of nitrogens with zero attached hydrogens (tertiary/aromatic N) is 6. The fourth-order valence-corrected chi connectivity index (χ4v) is 3.91. The second-order valence-corrected chi connectivity index (χ2v) is 9.42. The van der Waals surface area contributed by atoms with Crippen molar-refractivity contribution in [1.29, 1.82) is 0 Å². The normalized spacial score (nSPS) is 17.4. The van der Waals surface area contributed by atoms with Crippen molar-refractivity contribution in [2.75, 3.05) is 19.0 Å². The molecule has 0 bridgehead atoms. The minimum Gasteiger partial charge on any atom is -0.490 e. The van der Waals surface area contributed by atoms with Gasteiger partial charge < -0.3 is 20.1 Å². The summed E-state index contributed by atoms with van der Waals surface area (Å²) >= 11 is 0. The number of alkyl halides is 4. The van der Waals surface area contributed by atoms with Crippen LogP contribution in [0.2, 0.25) is 0 Å². The summed E-state index contributed by atoms with van der Waals surface area (Å²) in [5.74, 6) is -0.136. The maximum absolute atomic E-state index is 14.4. The maximum Gasteiger partial charge on any atom is 0.411 e. The van der Waals surface area contributed by atoms with E-state index in [9.17, 15) is 27.2 Å². The second kappa shape index (κ2) is 13.4. The van der Waals surface area contributed by atoms with Gasteiger partial charge in [-0.25, -0.2) is 9.07 Å². The molecule has 0 aromatic carbocycles. The molecule has 1 fully saturated rings. The first-order valence-corrected chi connectivity index (χ1v) is 12.7. The Hall–Kier alpha value is -4.21. The van der Waals surface area contributed by atoms with E-state index >= 15 is 0 Å². The van der Waals surface area contributed by atoms with Gasteiger partial charge in [-0.2, -0.15) is 18.3 Å². The number of anilines is 1. The lowest BCUT2D eigenvalue weighted by Gasteiger charge is -2.35. The number of hydrogen-bond acceptors (Lipinski definition) is 9. The molecule has 1 aliphatic carbocycles. The Kier molecular flexibility index (Phi) is 9.75. The number of ether oxygens (including phenoxy) is 2. The van der Waals surface area contributed by atoms with Gasteiger partial charge in [-0.1, -0.05) is 5.21 Å². The quantitative estimate of drug-likeness (QED) is 0.291. The Labute approximate surface area is 231 Å². The number of rotatable bonds is 13. The second-order valence-electron chi connectivity index (χ2n) is 9.42. The molecule has 1 atom stereocenters. The van der Waals surface area contributed by atoms with Gasteiger partial charge in [0.15, 0.2) is 11.5 Å². The zero-order valence-corrected chi connectivity index (χ0v) is 22.0. The lowest BCUT2D eigenvalue weighted by Crippen LogP contribution is -2.41. The molecule has 0 spiro atoms. The zero-order chi connectivity index (χ0) is 29.4. The Bertz CT molecular complexity index is 1320. The Morgan fingerprint density at radius 3 is 2.63 bits per heavy atom. The molecular formula is C25H28F4N8O4. The van der Waals surface area contributed by atoms with Gasteiger partial charge in [0.1, 0.15) is 24.6 Å². The number of pyridine rings is 1. The topological polar surface area (TPSA) is 146 Å². The molecule has 2 N–H and O–H groups in total. The summed E-state index contributed by atoms with van der Waals surface area (Å²) in [6, 6.07) is 6.38. The van der Waals surface area contributed by atoms with Crippen LogP contribution in [0, 0.1) is 0 Å². The van der Waals surface area contributed by atoms with Crippen molar-refractivity contribution in [1.82, 2.24) is 35.5 Å². The molecule has 4 rings (SSSR count). The smallest absolute Gasteiger partial charge is 0.411 e. The first-order chi connectivity index (χ1) is 19.6. The molecule has 1 unspecified atom stereocenters. The molecule has 3 heterocycles. The van der Waals surface area contributed by atoms with E-state index in [0.717, 1.165) is 0 Å². The number of amides is 2. The molecule has 2 amide bonds. The minimum atomic E-state index is -4.36. The van der Waals surface area contributed by atoms with E-state index in [4.69, 9.17) is 9.47 Å². The van der Waals surface area contributed by atoms with Crippen LogP contribution in [0.3, 0.4) is 0 Å². The summed E-state index contributed by atoms with van der Waals surface area (Å²) in [4.78, 5) is 28.1. The molecule has 0 saturated heterocycles. The highest BCUT2D eigenvalue weighted by atomic mass is 19.4. The number of carbonyl (C=O) groups is 2. The monoisotopic (exact) mass is 580 g/mol. The van der Waals surface area contributed by atoms with Crippen LogP contribution in [0.1, 0.15) is 41.1 Å². The fourth-order valence-electron chi connectivity index (χ4n) is 3.91. The lowest BCUT2D eigenvalue weighted by molar-refractivity contribution is -0.199. The minimum absolute atomic E-state index is 0.0661. The molecular weight excluding hydrogens is 552 g/mol. The summed E-state index contributed by atoms with van der Waals surface area (Å²) in [5, 5.41) is 20.4. The van der Waals surface area contributed by atoms with E-state index in [1.54, 1.807) is 24.3 Å². The van der Waals surface area contributed by atoms with Crippen molar-refractivity contribution in [2.24, 2.45) is 0 Å². The van der Waals surface area contributed by atoms with Gasteiger partial charge in [-0.05, 0) is 31.0 Å². The van der Waals surface area contributed by atoms with E-state index in [2.05, 4.69) is 36.1 Å². The van der Waals surface area contributed by atoms with Gasteiger partial charge >= 0.3 is 6.18 Å². The molecule has 1 aliphatic rings. The molecule has 41 heavy (non-hydrogen) atoms. The molecule has 220 valence electrons. The van der Waals surface area contributed by atoms with E-state index < -0.39 is 36.9 Å². The Balaban J connectivity index is 1.17. The third-order valence-electron chi connectivity index (χ3n) is 6.05. The van der Waals surface area contributed by atoms with E-state index in [0.29, 0.717) is 36.4 Å². The van der Waals surface area contributed by atoms with Gasteiger partial charge in [0, 0.05) is 32.2 Å². The lowest BCUT2D eigenvalue weighted by atomic mass is 9.92. The van der Waals surface area contributed by atoms with Crippen LogP contribution in [0.5, 0.6) is 5.75 Å².